The summed E-state index contributed by atoms with van der Waals surface area (Å²) in [5, 5.41) is 16.3. The Bertz CT molecular complexity index is 585. The number of carbonyl (C=O) groups is 3. The first-order valence-corrected chi connectivity index (χ1v) is 7.46. The normalized spacial score (nSPS) is 12.3. The molecule has 24 heavy (non-hydrogen) atoms. The minimum absolute atomic E-state index is 0.303. The van der Waals surface area contributed by atoms with Crippen molar-refractivity contribution in [1.82, 2.24) is 10.6 Å². The highest BCUT2D eigenvalue weighted by Gasteiger charge is 2.21. The molecule has 1 unspecified atom stereocenters. The molecule has 8 heteroatoms. The van der Waals surface area contributed by atoms with Crippen molar-refractivity contribution in [1.29, 1.82) is 0 Å². The van der Waals surface area contributed by atoms with Gasteiger partial charge in [0, 0.05) is 20.0 Å². The van der Waals surface area contributed by atoms with Gasteiger partial charge in [-0.2, -0.15) is 0 Å². The van der Waals surface area contributed by atoms with Gasteiger partial charge in [0.15, 0.2) is 0 Å². The number of hydrogen-bond acceptors (Lipinski definition) is 5. The fraction of sp³-hybridized carbons (Fsp3) is 0.375. The highest BCUT2D eigenvalue weighted by Crippen LogP contribution is 1.99. The van der Waals surface area contributed by atoms with Gasteiger partial charge < -0.3 is 26.5 Å². The molecule has 1 aromatic rings. The molecule has 0 saturated carbocycles. The number of nitrogens with two attached hydrogens (primary N) is 1. The topological polar surface area (TPSA) is 137 Å². The SMILES string of the molecule is CC(=O)NC(CC(N)=O)C(=O)NCC([O-])=NCCc1ccccc1. The van der Waals surface area contributed by atoms with Crippen molar-refractivity contribution < 1.29 is 19.5 Å². The molecule has 1 atom stereocenters. The fourth-order valence-electron chi connectivity index (χ4n) is 1.95. The second kappa shape index (κ2) is 9.98. The Morgan fingerprint density at radius 2 is 1.92 bits per heavy atom. The van der Waals surface area contributed by atoms with Crippen molar-refractivity contribution in [3.63, 3.8) is 0 Å². The zero-order valence-electron chi connectivity index (χ0n) is 13.5. The predicted octanol–water partition coefficient (Wildman–Crippen LogP) is -1.52. The van der Waals surface area contributed by atoms with Gasteiger partial charge in [0.05, 0.1) is 6.42 Å². The third-order valence-corrected chi connectivity index (χ3v) is 3.04. The molecule has 1 rings (SSSR count). The van der Waals surface area contributed by atoms with Crippen LogP contribution in [-0.4, -0.2) is 42.8 Å². The maximum absolute atomic E-state index is 11.9. The lowest BCUT2D eigenvalue weighted by molar-refractivity contribution is -0.217. The number of primary amides is 1. The Kier molecular flexibility index (Phi) is 7.97. The Balaban J connectivity index is 2.43. The number of rotatable bonds is 9. The van der Waals surface area contributed by atoms with Crippen molar-refractivity contribution in [2.75, 3.05) is 13.1 Å². The first-order chi connectivity index (χ1) is 11.4. The van der Waals surface area contributed by atoms with Crippen molar-refractivity contribution in [2.24, 2.45) is 10.7 Å². The summed E-state index contributed by atoms with van der Waals surface area (Å²) in [6.07, 6.45) is 0.279. The van der Waals surface area contributed by atoms with Crippen LogP contribution >= 0.6 is 0 Å². The van der Waals surface area contributed by atoms with E-state index in [4.69, 9.17) is 5.73 Å². The molecular formula is C16H21N4O4-. The summed E-state index contributed by atoms with van der Waals surface area (Å²) in [5.74, 6) is -2.35. The second-order valence-corrected chi connectivity index (χ2v) is 5.15. The predicted molar refractivity (Wildman–Crippen MR) is 86.9 cm³/mol. The lowest BCUT2D eigenvalue weighted by Gasteiger charge is -2.18. The molecule has 0 saturated heterocycles. The highest BCUT2D eigenvalue weighted by atomic mass is 16.3. The number of hydrogen-bond donors (Lipinski definition) is 3. The zero-order valence-corrected chi connectivity index (χ0v) is 13.5. The first-order valence-electron chi connectivity index (χ1n) is 7.46. The average Bonchev–Trinajstić information content (AvgIpc) is 2.52. The number of carbonyl (C=O) groups excluding carboxylic acids is 3. The quantitative estimate of drug-likeness (QED) is 0.373. The van der Waals surface area contributed by atoms with Crippen molar-refractivity contribution in [2.45, 2.75) is 25.8 Å². The van der Waals surface area contributed by atoms with E-state index >= 15 is 0 Å². The van der Waals surface area contributed by atoms with E-state index in [1.807, 2.05) is 30.3 Å². The van der Waals surface area contributed by atoms with Crippen molar-refractivity contribution >= 4 is 23.6 Å². The number of benzene rings is 1. The molecule has 0 heterocycles. The zero-order chi connectivity index (χ0) is 17.9. The Morgan fingerprint density at radius 1 is 1.25 bits per heavy atom. The molecule has 0 fully saturated rings. The van der Waals surface area contributed by atoms with Gasteiger partial charge in [0.1, 0.15) is 6.04 Å². The third-order valence-electron chi connectivity index (χ3n) is 3.04. The third kappa shape index (κ3) is 7.92. The fourth-order valence-corrected chi connectivity index (χ4v) is 1.95. The van der Waals surface area contributed by atoms with E-state index in [9.17, 15) is 19.5 Å². The van der Waals surface area contributed by atoms with E-state index in [-0.39, 0.29) is 13.0 Å². The molecule has 0 aliphatic heterocycles. The van der Waals surface area contributed by atoms with Gasteiger partial charge in [0.2, 0.25) is 17.7 Å². The van der Waals surface area contributed by atoms with Gasteiger partial charge in [-0.25, -0.2) is 0 Å². The monoisotopic (exact) mass is 333 g/mol. The van der Waals surface area contributed by atoms with E-state index < -0.39 is 29.7 Å². The van der Waals surface area contributed by atoms with Gasteiger partial charge in [-0.05, 0) is 17.9 Å². The summed E-state index contributed by atoms with van der Waals surface area (Å²) in [4.78, 5) is 37.7. The summed E-state index contributed by atoms with van der Waals surface area (Å²) in [5.41, 5.74) is 6.09. The molecule has 0 spiro atoms. The van der Waals surface area contributed by atoms with E-state index in [1.165, 1.54) is 6.92 Å². The minimum atomic E-state index is -1.10. The molecule has 3 amide bonds. The average molecular weight is 333 g/mol. The molecule has 0 radical (unpaired) electrons. The van der Waals surface area contributed by atoms with Crippen LogP contribution in [0.5, 0.6) is 0 Å². The van der Waals surface area contributed by atoms with Gasteiger partial charge in [0.25, 0.3) is 0 Å². The molecule has 0 aliphatic carbocycles. The smallest absolute Gasteiger partial charge is 0.243 e. The number of aliphatic imine (C=N–C) groups is 1. The van der Waals surface area contributed by atoms with Crippen LogP contribution < -0.4 is 21.5 Å². The van der Waals surface area contributed by atoms with Crippen LogP contribution in [0.25, 0.3) is 0 Å². The van der Waals surface area contributed by atoms with Gasteiger partial charge >= 0.3 is 0 Å². The summed E-state index contributed by atoms with van der Waals surface area (Å²) in [7, 11) is 0. The molecule has 4 N–H and O–H groups in total. The molecule has 8 nitrogen and oxygen atoms in total. The van der Waals surface area contributed by atoms with Crippen LogP contribution in [0.15, 0.2) is 35.3 Å². The van der Waals surface area contributed by atoms with E-state index in [1.54, 1.807) is 0 Å². The highest BCUT2D eigenvalue weighted by molar-refractivity contribution is 5.92. The number of nitrogens with zero attached hydrogens (tertiary/aromatic N) is 1. The Morgan fingerprint density at radius 3 is 2.50 bits per heavy atom. The largest absolute Gasteiger partial charge is 0.861 e. The number of nitrogens with one attached hydrogen (secondary N) is 2. The maximum Gasteiger partial charge on any atom is 0.243 e. The molecule has 0 bridgehead atoms. The molecular weight excluding hydrogens is 312 g/mol. The Labute approximate surface area is 140 Å². The van der Waals surface area contributed by atoms with Crippen LogP contribution in [0, 0.1) is 0 Å². The summed E-state index contributed by atoms with van der Waals surface area (Å²) in [6.45, 7) is 1.23. The standard InChI is InChI=1S/C16H22N4O4/c1-11(21)20-13(9-14(17)22)16(24)19-10-15(23)18-8-7-12-5-3-2-4-6-12/h2-6,13H,7-10H2,1H3,(H2,17,22)(H,18,23)(H,19,24)(H,20,21)/p-1. The van der Waals surface area contributed by atoms with E-state index in [2.05, 4.69) is 15.6 Å². The van der Waals surface area contributed by atoms with Crippen LogP contribution in [0.1, 0.15) is 18.9 Å². The second-order valence-electron chi connectivity index (χ2n) is 5.15. The number of amides is 3. The minimum Gasteiger partial charge on any atom is -0.861 e. The van der Waals surface area contributed by atoms with E-state index in [0.29, 0.717) is 13.0 Å². The maximum atomic E-state index is 11.9. The Hall–Kier alpha value is -2.90. The summed E-state index contributed by atoms with van der Waals surface area (Å²) < 4.78 is 0. The van der Waals surface area contributed by atoms with Crippen LogP contribution in [0.3, 0.4) is 0 Å². The van der Waals surface area contributed by atoms with Crippen molar-refractivity contribution in [3.8, 4) is 0 Å². The first kappa shape index (κ1) is 19.1. The lowest BCUT2D eigenvalue weighted by atomic mass is 10.1. The molecule has 130 valence electrons. The lowest BCUT2D eigenvalue weighted by Crippen LogP contribution is -2.50. The summed E-state index contributed by atoms with van der Waals surface area (Å²) >= 11 is 0. The van der Waals surface area contributed by atoms with Gasteiger partial charge in [-0.1, -0.05) is 30.3 Å². The van der Waals surface area contributed by atoms with Crippen LogP contribution in [-0.2, 0) is 20.8 Å². The van der Waals surface area contributed by atoms with E-state index in [0.717, 1.165) is 5.56 Å². The van der Waals surface area contributed by atoms with Gasteiger partial charge in [-0.3, -0.25) is 14.4 Å². The molecule has 1 aromatic carbocycles. The van der Waals surface area contributed by atoms with Gasteiger partial charge in [-0.15, -0.1) is 0 Å². The summed E-state index contributed by atoms with van der Waals surface area (Å²) in [6, 6.07) is 8.47. The molecule has 0 aliphatic rings. The van der Waals surface area contributed by atoms with Crippen LogP contribution in [0.4, 0.5) is 0 Å². The molecule has 0 aromatic heterocycles. The van der Waals surface area contributed by atoms with Crippen molar-refractivity contribution in [3.05, 3.63) is 35.9 Å². The van der Waals surface area contributed by atoms with Crippen LogP contribution in [0.2, 0.25) is 0 Å².